The maximum atomic E-state index is 10.5. The van der Waals surface area contributed by atoms with Crippen molar-refractivity contribution in [2.75, 3.05) is 6.54 Å². The molecule has 0 aliphatic rings. The largest absolute Gasteiger partial charge is 0.330 e. The van der Waals surface area contributed by atoms with E-state index in [1.807, 2.05) is 24.3 Å². The summed E-state index contributed by atoms with van der Waals surface area (Å²) in [6, 6.07) is 7.60. The van der Waals surface area contributed by atoms with Crippen molar-refractivity contribution in [1.82, 2.24) is 0 Å². The molecule has 0 saturated heterocycles. The SMILES string of the molecule is NCCc1ccc(CS(=O)O)cc1. The molecule has 3 nitrogen and oxygen atoms in total. The first-order valence-electron chi connectivity index (χ1n) is 4.07. The third-order valence-electron chi connectivity index (χ3n) is 1.75. The average molecular weight is 199 g/mol. The maximum absolute atomic E-state index is 10.5. The number of hydrogen-bond acceptors (Lipinski definition) is 2. The molecule has 0 fully saturated rings. The molecule has 3 N–H and O–H groups in total. The summed E-state index contributed by atoms with van der Waals surface area (Å²) < 4.78 is 19.1. The molecule has 0 bridgehead atoms. The minimum absolute atomic E-state index is 0.197. The van der Waals surface area contributed by atoms with Crippen LogP contribution in [-0.2, 0) is 23.3 Å². The van der Waals surface area contributed by atoms with Crippen LogP contribution < -0.4 is 5.73 Å². The molecule has 1 aromatic rings. The highest BCUT2D eigenvalue weighted by atomic mass is 32.2. The molecule has 0 aromatic heterocycles. The summed E-state index contributed by atoms with van der Waals surface area (Å²) in [5.41, 5.74) is 7.43. The molecule has 0 saturated carbocycles. The lowest BCUT2D eigenvalue weighted by molar-refractivity contribution is 0.563. The predicted molar refractivity (Wildman–Crippen MR) is 53.7 cm³/mol. The molecule has 1 aromatic carbocycles. The van der Waals surface area contributed by atoms with Gasteiger partial charge in [-0.25, -0.2) is 4.21 Å². The molecule has 1 unspecified atom stereocenters. The van der Waals surface area contributed by atoms with Gasteiger partial charge >= 0.3 is 0 Å². The van der Waals surface area contributed by atoms with E-state index in [0.717, 1.165) is 17.5 Å². The molecule has 0 amide bonds. The van der Waals surface area contributed by atoms with Gasteiger partial charge in [-0.05, 0) is 24.1 Å². The molecule has 0 radical (unpaired) electrons. The van der Waals surface area contributed by atoms with Gasteiger partial charge in [0.05, 0.1) is 5.75 Å². The van der Waals surface area contributed by atoms with E-state index in [1.54, 1.807) is 0 Å². The Hall–Kier alpha value is -0.710. The molecule has 0 spiro atoms. The van der Waals surface area contributed by atoms with Crippen molar-refractivity contribution in [2.24, 2.45) is 5.73 Å². The van der Waals surface area contributed by atoms with Gasteiger partial charge in [0.15, 0.2) is 11.1 Å². The van der Waals surface area contributed by atoms with Crippen molar-refractivity contribution in [3.63, 3.8) is 0 Å². The van der Waals surface area contributed by atoms with E-state index in [4.69, 9.17) is 10.3 Å². The van der Waals surface area contributed by atoms with Crippen LogP contribution >= 0.6 is 0 Å². The van der Waals surface area contributed by atoms with Crippen molar-refractivity contribution in [1.29, 1.82) is 0 Å². The zero-order chi connectivity index (χ0) is 9.68. The Kier molecular flexibility index (Phi) is 4.08. The molecule has 0 heterocycles. The highest BCUT2D eigenvalue weighted by Crippen LogP contribution is 2.06. The van der Waals surface area contributed by atoms with Crippen LogP contribution in [-0.4, -0.2) is 15.3 Å². The summed E-state index contributed by atoms with van der Waals surface area (Å²) in [7, 11) is 0. The van der Waals surface area contributed by atoms with Crippen LogP contribution in [0.3, 0.4) is 0 Å². The molecule has 13 heavy (non-hydrogen) atoms. The molecular formula is C9H13NO2S. The first-order chi connectivity index (χ1) is 6.22. The van der Waals surface area contributed by atoms with Crippen molar-refractivity contribution in [3.05, 3.63) is 35.4 Å². The van der Waals surface area contributed by atoms with E-state index in [2.05, 4.69) is 0 Å². The number of nitrogens with two attached hydrogens (primary N) is 1. The Labute approximate surface area is 80.2 Å². The fourth-order valence-corrected chi connectivity index (χ4v) is 1.59. The lowest BCUT2D eigenvalue weighted by atomic mass is 10.1. The average Bonchev–Trinajstić information content (AvgIpc) is 2.08. The van der Waals surface area contributed by atoms with Gasteiger partial charge < -0.3 is 10.3 Å². The third-order valence-corrected chi connectivity index (χ3v) is 2.33. The summed E-state index contributed by atoms with van der Waals surface area (Å²) in [6.45, 7) is 0.630. The standard InChI is InChI=1S/C9H13NO2S/c10-6-5-8-1-3-9(4-2-8)7-13(11)12/h1-4H,5-7,10H2,(H,11,12). The van der Waals surface area contributed by atoms with Crippen LogP contribution in [0.15, 0.2) is 24.3 Å². The Morgan fingerprint density at radius 3 is 2.23 bits per heavy atom. The van der Waals surface area contributed by atoms with E-state index in [-0.39, 0.29) is 5.75 Å². The van der Waals surface area contributed by atoms with E-state index in [9.17, 15) is 4.21 Å². The second-order valence-corrected chi connectivity index (χ2v) is 3.75. The Morgan fingerprint density at radius 1 is 1.23 bits per heavy atom. The normalized spacial score (nSPS) is 12.8. The zero-order valence-corrected chi connectivity index (χ0v) is 8.09. The second kappa shape index (κ2) is 5.11. The predicted octanol–water partition coefficient (Wildman–Crippen LogP) is 0.909. The van der Waals surface area contributed by atoms with Gasteiger partial charge in [-0.15, -0.1) is 0 Å². The van der Waals surface area contributed by atoms with Crippen LogP contribution in [0.5, 0.6) is 0 Å². The summed E-state index contributed by atoms with van der Waals surface area (Å²) in [6.07, 6.45) is 0.850. The Morgan fingerprint density at radius 2 is 1.77 bits per heavy atom. The highest BCUT2D eigenvalue weighted by Gasteiger charge is 1.97. The van der Waals surface area contributed by atoms with Gasteiger partial charge in [0.1, 0.15) is 0 Å². The van der Waals surface area contributed by atoms with Crippen LogP contribution in [0.4, 0.5) is 0 Å². The van der Waals surface area contributed by atoms with E-state index in [1.165, 1.54) is 0 Å². The van der Waals surface area contributed by atoms with Gasteiger partial charge in [0, 0.05) is 0 Å². The summed E-state index contributed by atoms with van der Waals surface area (Å²) in [4.78, 5) is 0. The monoisotopic (exact) mass is 199 g/mol. The molecule has 0 aliphatic carbocycles. The van der Waals surface area contributed by atoms with Crippen molar-refractivity contribution < 1.29 is 8.76 Å². The fourth-order valence-electron chi connectivity index (χ4n) is 1.11. The quantitative estimate of drug-likeness (QED) is 0.708. The van der Waals surface area contributed by atoms with Crippen molar-refractivity contribution in [2.45, 2.75) is 12.2 Å². The van der Waals surface area contributed by atoms with Gasteiger partial charge in [-0.3, -0.25) is 0 Å². The zero-order valence-electron chi connectivity index (χ0n) is 7.27. The molecule has 4 heteroatoms. The second-order valence-electron chi connectivity index (χ2n) is 2.82. The maximum Gasteiger partial charge on any atom is 0.157 e. The van der Waals surface area contributed by atoms with Gasteiger partial charge in [0.2, 0.25) is 0 Å². The number of benzene rings is 1. The van der Waals surface area contributed by atoms with Gasteiger partial charge in [0.25, 0.3) is 0 Å². The first-order valence-corrected chi connectivity index (χ1v) is 5.35. The van der Waals surface area contributed by atoms with Crippen LogP contribution in [0.2, 0.25) is 0 Å². The highest BCUT2D eigenvalue weighted by molar-refractivity contribution is 7.78. The minimum Gasteiger partial charge on any atom is -0.330 e. The van der Waals surface area contributed by atoms with Crippen molar-refractivity contribution >= 4 is 11.1 Å². The van der Waals surface area contributed by atoms with Crippen LogP contribution in [0.25, 0.3) is 0 Å². The first kappa shape index (κ1) is 10.4. The molecule has 1 rings (SSSR count). The van der Waals surface area contributed by atoms with E-state index < -0.39 is 11.1 Å². The lowest BCUT2D eigenvalue weighted by Crippen LogP contribution is -2.02. The summed E-state index contributed by atoms with van der Waals surface area (Å²) in [5, 5.41) is 0. The smallest absolute Gasteiger partial charge is 0.157 e. The topological polar surface area (TPSA) is 63.3 Å². The lowest BCUT2D eigenvalue weighted by Gasteiger charge is -2.00. The molecule has 0 aliphatic heterocycles. The van der Waals surface area contributed by atoms with Crippen molar-refractivity contribution in [3.8, 4) is 0 Å². The molecular weight excluding hydrogens is 186 g/mol. The third kappa shape index (κ3) is 3.67. The van der Waals surface area contributed by atoms with Crippen LogP contribution in [0.1, 0.15) is 11.1 Å². The fraction of sp³-hybridized carbons (Fsp3) is 0.333. The molecule has 1 atom stereocenters. The number of hydrogen-bond donors (Lipinski definition) is 2. The molecule has 72 valence electrons. The van der Waals surface area contributed by atoms with E-state index in [0.29, 0.717) is 6.54 Å². The van der Waals surface area contributed by atoms with Gasteiger partial charge in [-0.2, -0.15) is 0 Å². The summed E-state index contributed by atoms with van der Waals surface area (Å²) in [5.74, 6) is 0.197. The van der Waals surface area contributed by atoms with Gasteiger partial charge in [-0.1, -0.05) is 24.3 Å². The Balaban J connectivity index is 2.64. The minimum atomic E-state index is -1.75. The number of rotatable bonds is 4. The van der Waals surface area contributed by atoms with Crippen LogP contribution in [0, 0.1) is 0 Å². The Bertz CT molecular complexity index is 284. The van der Waals surface area contributed by atoms with E-state index >= 15 is 0 Å². The summed E-state index contributed by atoms with van der Waals surface area (Å²) >= 11 is -1.75.